The summed E-state index contributed by atoms with van der Waals surface area (Å²) in [5.41, 5.74) is 6.36. The molecule has 1 aliphatic carbocycles. The standard InChI is InChI=1S/C14H23N3O2S/c1-2-5-12(10-15)16-13-6-3-4-7-14(13)20(18,19)17-11-8-9-11/h3-4,6-7,11-12,16-17H,2,5,8-10,15H2,1H3. The van der Waals surface area contributed by atoms with Gasteiger partial charge in [0.1, 0.15) is 4.90 Å². The van der Waals surface area contributed by atoms with Crippen LogP contribution in [0.4, 0.5) is 5.69 Å². The highest BCUT2D eigenvalue weighted by molar-refractivity contribution is 7.89. The minimum Gasteiger partial charge on any atom is -0.380 e. The highest BCUT2D eigenvalue weighted by Crippen LogP contribution is 2.26. The lowest BCUT2D eigenvalue weighted by Gasteiger charge is -2.20. The van der Waals surface area contributed by atoms with Gasteiger partial charge in [0.15, 0.2) is 0 Å². The van der Waals surface area contributed by atoms with Gasteiger partial charge in [-0.1, -0.05) is 25.5 Å². The van der Waals surface area contributed by atoms with Crippen molar-refractivity contribution in [2.75, 3.05) is 11.9 Å². The fraction of sp³-hybridized carbons (Fsp3) is 0.571. The molecule has 6 heteroatoms. The number of benzene rings is 1. The minimum absolute atomic E-state index is 0.0947. The fourth-order valence-electron chi connectivity index (χ4n) is 2.12. The van der Waals surface area contributed by atoms with Crippen molar-refractivity contribution in [1.82, 2.24) is 4.72 Å². The van der Waals surface area contributed by atoms with Crippen LogP contribution in [0.15, 0.2) is 29.2 Å². The molecule has 1 aliphatic rings. The number of sulfonamides is 1. The van der Waals surface area contributed by atoms with E-state index in [1.54, 1.807) is 18.2 Å². The van der Waals surface area contributed by atoms with E-state index in [0.29, 0.717) is 17.1 Å². The van der Waals surface area contributed by atoms with E-state index in [2.05, 4.69) is 17.0 Å². The van der Waals surface area contributed by atoms with Crippen molar-refractivity contribution in [2.24, 2.45) is 5.73 Å². The van der Waals surface area contributed by atoms with E-state index in [0.717, 1.165) is 25.7 Å². The molecule has 1 fully saturated rings. The van der Waals surface area contributed by atoms with Crippen LogP contribution in [-0.4, -0.2) is 27.0 Å². The van der Waals surface area contributed by atoms with Gasteiger partial charge in [-0.15, -0.1) is 0 Å². The summed E-state index contributed by atoms with van der Waals surface area (Å²) in [7, 11) is -3.45. The van der Waals surface area contributed by atoms with E-state index in [1.165, 1.54) is 0 Å². The molecule has 0 spiro atoms. The van der Waals surface area contributed by atoms with Crippen LogP contribution in [-0.2, 0) is 10.0 Å². The Kier molecular flexibility index (Phi) is 5.01. The summed E-state index contributed by atoms with van der Waals surface area (Å²) in [5.74, 6) is 0. The largest absolute Gasteiger partial charge is 0.380 e. The zero-order valence-electron chi connectivity index (χ0n) is 11.8. The lowest BCUT2D eigenvalue weighted by Crippen LogP contribution is -2.31. The molecule has 0 saturated heterocycles. The Morgan fingerprint density at radius 2 is 2.05 bits per heavy atom. The van der Waals surface area contributed by atoms with Crippen molar-refractivity contribution in [3.63, 3.8) is 0 Å². The summed E-state index contributed by atoms with van der Waals surface area (Å²) in [6.45, 7) is 2.57. The average Bonchev–Trinajstić information content (AvgIpc) is 3.22. The lowest BCUT2D eigenvalue weighted by molar-refractivity contribution is 0.580. The summed E-state index contributed by atoms with van der Waals surface area (Å²) >= 11 is 0. The summed E-state index contributed by atoms with van der Waals surface area (Å²) in [4.78, 5) is 0.307. The molecule has 0 amide bonds. The number of nitrogens with two attached hydrogens (primary N) is 1. The van der Waals surface area contributed by atoms with Gasteiger partial charge in [0, 0.05) is 18.6 Å². The van der Waals surface area contributed by atoms with Crippen LogP contribution in [0.5, 0.6) is 0 Å². The van der Waals surface area contributed by atoms with Crippen molar-refractivity contribution < 1.29 is 8.42 Å². The maximum absolute atomic E-state index is 12.3. The Hall–Kier alpha value is -1.11. The van der Waals surface area contributed by atoms with Crippen LogP contribution < -0.4 is 15.8 Å². The molecule has 4 N–H and O–H groups in total. The average molecular weight is 297 g/mol. The molecule has 1 aromatic carbocycles. The second-order valence-electron chi connectivity index (χ2n) is 5.26. The maximum Gasteiger partial charge on any atom is 0.242 e. The first-order valence-electron chi connectivity index (χ1n) is 7.14. The predicted molar refractivity (Wildman–Crippen MR) is 81.2 cm³/mol. The highest BCUT2D eigenvalue weighted by atomic mass is 32.2. The Morgan fingerprint density at radius 1 is 1.35 bits per heavy atom. The van der Waals surface area contributed by atoms with Gasteiger partial charge in [-0.3, -0.25) is 0 Å². The Labute approximate surface area is 121 Å². The van der Waals surface area contributed by atoms with Crippen molar-refractivity contribution in [3.8, 4) is 0 Å². The van der Waals surface area contributed by atoms with Crippen LogP contribution in [0.1, 0.15) is 32.6 Å². The molecule has 2 rings (SSSR count). The topological polar surface area (TPSA) is 84.2 Å². The van der Waals surface area contributed by atoms with Gasteiger partial charge in [0.2, 0.25) is 10.0 Å². The first-order valence-corrected chi connectivity index (χ1v) is 8.63. The van der Waals surface area contributed by atoms with Crippen molar-refractivity contribution in [2.45, 2.75) is 49.6 Å². The molecular weight excluding hydrogens is 274 g/mol. The Morgan fingerprint density at radius 3 is 2.65 bits per heavy atom. The van der Waals surface area contributed by atoms with Gasteiger partial charge in [0.25, 0.3) is 0 Å². The number of para-hydroxylation sites is 1. The van der Waals surface area contributed by atoms with Gasteiger partial charge in [-0.25, -0.2) is 13.1 Å². The Balaban J connectivity index is 2.20. The zero-order valence-corrected chi connectivity index (χ0v) is 12.6. The van der Waals surface area contributed by atoms with Crippen molar-refractivity contribution in [1.29, 1.82) is 0 Å². The molecule has 1 aromatic rings. The van der Waals surface area contributed by atoms with Crippen LogP contribution in [0.25, 0.3) is 0 Å². The Bertz CT molecular complexity index is 541. The second-order valence-corrected chi connectivity index (χ2v) is 6.94. The van der Waals surface area contributed by atoms with Gasteiger partial charge >= 0.3 is 0 Å². The number of hydrogen-bond donors (Lipinski definition) is 3. The molecule has 20 heavy (non-hydrogen) atoms. The van der Waals surface area contributed by atoms with Crippen LogP contribution in [0, 0.1) is 0 Å². The molecule has 1 atom stereocenters. The first-order chi connectivity index (χ1) is 9.56. The first kappa shape index (κ1) is 15.3. The number of anilines is 1. The van der Waals surface area contributed by atoms with Gasteiger partial charge < -0.3 is 11.1 Å². The molecule has 0 aromatic heterocycles. The monoisotopic (exact) mass is 297 g/mol. The molecule has 0 radical (unpaired) electrons. The van der Waals surface area contributed by atoms with E-state index in [-0.39, 0.29) is 12.1 Å². The van der Waals surface area contributed by atoms with Gasteiger partial charge in [0.05, 0.1) is 5.69 Å². The van der Waals surface area contributed by atoms with E-state index in [1.807, 2.05) is 6.07 Å². The summed E-state index contributed by atoms with van der Waals surface area (Å²) in [6, 6.07) is 7.19. The summed E-state index contributed by atoms with van der Waals surface area (Å²) in [6.07, 6.45) is 3.78. The number of rotatable bonds is 8. The zero-order chi connectivity index (χ0) is 14.6. The quantitative estimate of drug-likeness (QED) is 0.681. The maximum atomic E-state index is 12.3. The van der Waals surface area contributed by atoms with E-state index in [4.69, 9.17) is 5.73 Å². The normalized spacial score (nSPS) is 16.9. The molecule has 1 unspecified atom stereocenters. The molecular formula is C14H23N3O2S. The third-order valence-electron chi connectivity index (χ3n) is 3.36. The molecule has 0 aliphatic heterocycles. The summed E-state index contributed by atoms with van der Waals surface area (Å²) in [5, 5.41) is 3.25. The van der Waals surface area contributed by atoms with Crippen LogP contribution >= 0.6 is 0 Å². The van der Waals surface area contributed by atoms with E-state index < -0.39 is 10.0 Å². The van der Waals surface area contributed by atoms with Gasteiger partial charge in [-0.05, 0) is 31.4 Å². The predicted octanol–water partition coefficient (Wildman–Crippen LogP) is 1.67. The molecule has 112 valence electrons. The van der Waals surface area contributed by atoms with Crippen LogP contribution in [0.3, 0.4) is 0 Å². The SMILES string of the molecule is CCCC(CN)Nc1ccccc1S(=O)(=O)NC1CC1. The van der Waals surface area contributed by atoms with Gasteiger partial charge in [-0.2, -0.15) is 0 Å². The smallest absolute Gasteiger partial charge is 0.242 e. The molecule has 0 bridgehead atoms. The van der Waals surface area contributed by atoms with Crippen molar-refractivity contribution >= 4 is 15.7 Å². The van der Waals surface area contributed by atoms with Crippen molar-refractivity contribution in [3.05, 3.63) is 24.3 Å². The molecule has 0 heterocycles. The fourth-order valence-corrected chi connectivity index (χ4v) is 3.60. The number of hydrogen-bond acceptors (Lipinski definition) is 4. The third kappa shape index (κ3) is 3.94. The minimum atomic E-state index is -3.45. The third-order valence-corrected chi connectivity index (χ3v) is 4.94. The highest BCUT2D eigenvalue weighted by Gasteiger charge is 2.29. The van der Waals surface area contributed by atoms with E-state index >= 15 is 0 Å². The molecule has 5 nitrogen and oxygen atoms in total. The number of nitrogens with one attached hydrogen (secondary N) is 2. The summed E-state index contributed by atoms with van der Waals surface area (Å²) < 4.78 is 27.4. The molecule has 1 saturated carbocycles. The lowest BCUT2D eigenvalue weighted by atomic mass is 10.1. The second kappa shape index (κ2) is 6.56. The van der Waals surface area contributed by atoms with Crippen LogP contribution in [0.2, 0.25) is 0 Å². The van der Waals surface area contributed by atoms with E-state index in [9.17, 15) is 8.42 Å².